The van der Waals surface area contributed by atoms with Gasteiger partial charge in [-0.15, -0.1) is 0 Å². The molecule has 0 aliphatic rings. The molecule has 0 spiro atoms. The Morgan fingerprint density at radius 3 is 2.12 bits per heavy atom. The Morgan fingerprint density at radius 2 is 1.53 bits per heavy atom. The standard InChI is InChI=1S/C12H22O5/c1-4-14-6-7-15-8-9-16-10-11(3)12(13)17-5-2/h3-10H2,1-2H3. The molecule has 0 saturated carbocycles. The number of hydrogen-bond acceptors (Lipinski definition) is 5. The first kappa shape index (κ1) is 16.1. The van der Waals surface area contributed by atoms with Gasteiger partial charge in [0.2, 0.25) is 0 Å². The van der Waals surface area contributed by atoms with Gasteiger partial charge < -0.3 is 18.9 Å². The molecule has 0 atom stereocenters. The lowest BCUT2D eigenvalue weighted by Gasteiger charge is -2.07. The molecule has 100 valence electrons. The van der Waals surface area contributed by atoms with Gasteiger partial charge in [0.05, 0.1) is 45.2 Å². The first-order chi connectivity index (χ1) is 8.22. The van der Waals surface area contributed by atoms with E-state index in [2.05, 4.69) is 6.58 Å². The molecule has 0 fully saturated rings. The van der Waals surface area contributed by atoms with E-state index in [1.165, 1.54) is 0 Å². The van der Waals surface area contributed by atoms with E-state index in [9.17, 15) is 4.79 Å². The van der Waals surface area contributed by atoms with Gasteiger partial charge in [-0.25, -0.2) is 4.79 Å². The number of ether oxygens (including phenoxy) is 4. The van der Waals surface area contributed by atoms with Crippen LogP contribution < -0.4 is 0 Å². The van der Waals surface area contributed by atoms with Gasteiger partial charge in [-0.05, 0) is 13.8 Å². The SMILES string of the molecule is C=C(COCCOCCOCC)C(=O)OCC. The van der Waals surface area contributed by atoms with Gasteiger partial charge in [-0.3, -0.25) is 0 Å². The molecule has 0 N–H and O–H groups in total. The van der Waals surface area contributed by atoms with Crippen LogP contribution in [0, 0.1) is 0 Å². The first-order valence-electron chi connectivity index (χ1n) is 5.80. The maximum atomic E-state index is 11.1. The van der Waals surface area contributed by atoms with Crippen molar-refractivity contribution in [3.63, 3.8) is 0 Å². The molecule has 5 nitrogen and oxygen atoms in total. The minimum absolute atomic E-state index is 0.174. The van der Waals surface area contributed by atoms with Crippen molar-refractivity contribution in [3.05, 3.63) is 12.2 Å². The summed E-state index contributed by atoms with van der Waals surface area (Å²) >= 11 is 0. The normalized spacial score (nSPS) is 10.2. The lowest BCUT2D eigenvalue weighted by molar-refractivity contribution is -0.139. The molecule has 17 heavy (non-hydrogen) atoms. The number of hydrogen-bond donors (Lipinski definition) is 0. The van der Waals surface area contributed by atoms with Gasteiger partial charge in [0, 0.05) is 6.61 Å². The number of carbonyl (C=O) groups excluding carboxylic acids is 1. The van der Waals surface area contributed by atoms with Crippen LogP contribution in [0.2, 0.25) is 0 Å². The largest absolute Gasteiger partial charge is 0.463 e. The van der Waals surface area contributed by atoms with Crippen LogP contribution >= 0.6 is 0 Å². The highest BCUT2D eigenvalue weighted by Crippen LogP contribution is 1.95. The zero-order valence-electron chi connectivity index (χ0n) is 10.7. The van der Waals surface area contributed by atoms with Crippen LogP contribution in [0.25, 0.3) is 0 Å². The summed E-state index contributed by atoms with van der Waals surface area (Å²) in [4.78, 5) is 11.1. The lowest BCUT2D eigenvalue weighted by atomic mass is 10.3. The van der Waals surface area contributed by atoms with Crippen molar-refractivity contribution in [2.24, 2.45) is 0 Å². The van der Waals surface area contributed by atoms with Crippen molar-refractivity contribution in [2.75, 3.05) is 46.2 Å². The molecule has 0 radical (unpaired) electrons. The fourth-order valence-corrected chi connectivity index (χ4v) is 0.970. The molecule has 0 rings (SSSR count). The zero-order valence-corrected chi connectivity index (χ0v) is 10.7. The topological polar surface area (TPSA) is 54.0 Å². The van der Waals surface area contributed by atoms with E-state index in [4.69, 9.17) is 18.9 Å². The average molecular weight is 246 g/mol. The number of esters is 1. The summed E-state index contributed by atoms with van der Waals surface area (Å²) in [7, 11) is 0. The third-order valence-corrected chi connectivity index (χ3v) is 1.79. The minimum Gasteiger partial charge on any atom is -0.463 e. The van der Waals surface area contributed by atoms with E-state index in [-0.39, 0.29) is 6.61 Å². The molecule has 0 aromatic rings. The van der Waals surface area contributed by atoms with Gasteiger partial charge in [0.1, 0.15) is 0 Å². The van der Waals surface area contributed by atoms with Crippen LogP contribution in [0.15, 0.2) is 12.2 Å². The van der Waals surface area contributed by atoms with Crippen LogP contribution in [0.1, 0.15) is 13.8 Å². The first-order valence-corrected chi connectivity index (χ1v) is 5.80. The van der Waals surface area contributed by atoms with Crippen LogP contribution in [-0.2, 0) is 23.7 Å². The van der Waals surface area contributed by atoms with E-state index in [0.717, 1.165) is 0 Å². The zero-order chi connectivity index (χ0) is 12.9. The van der Waals surface area contributed by atoms with Crippen molar-refractivity contribution < 1.29 is 23.7 Å². The Hall–Kier alpha value is -0.910. The van der Waals surface area contributed by atoms with E-state index in [1.54, 1.807) is 6.92 Å². The molecular weight excluding hydrogens is 224 g/mol. The lowest BCUT2D eigenvalue weighted by Crippen LogP contribution is -2.14. The van der Waals surface area contributed by atoms with Crippen molar-refractivity contribution in [3.8, 4) is 0 Å². The van der Waals surface area contributed by atoms with Gasteiger partial charge in [0.15, 0.2) is 0 Å². The summed E-state index contributed by atoms with van der Waals surface area (Å²) in [5, 5.41) is 0. The number of carbonyl (C=O) groups is 1. The van der Waals surface area contributed by atoms with Gasteiger partial charge in [-0.2, -0.15) is 0 Å². The second-order valence-electron chi connectivity index (χ2n) is 3.19. The monoisotopic (exact) mass is 246 g/mol. The number of rotatable bonds is 11. The maximum absolute atomic E-state index is 11.1. The Labute approximate surface area is 103 Å². The van der Waals surface area contributed by atoms with E-state index in [1.807, 2.05) is 6.92 Å². The van der Waals surface area contributed by atoms with Gasteiger partial charge in [-0.1, -0.05) is 6.58 Å². The predicted molar refractivity (Wildman–Crippen MR) is 63.9 cm³/mol. The van der Waals surface area contributed by atoms with Crippen molar-refractivity contribution in [2.45, 2.75) is 13.8 Å². The molecule has 0 unspecified atom stereocenters. The smallest absolute Gasteiger partial charge is 0.335 e. The third kappa shape index (κ3) is 9.99. The Bertz CT molecular complexity index is 215. The maximum Gasteiger partial charge on any atom is 0.335 e. The van der Waals surface area contributed by atoms with Crippen LogP contribution in [-0.4, -0.2) is 52.2 Å². The summed E-state index contributed by atoms with van der Waals surface area (Å²) in [5.74, 6) is -0.412. The Kier molecular flexibility index (Phi) is 11.0. The molecule has 0 aliphatic carbocycles. The Morgan fingerprint density at radius 1 is 0.941 bits per heavy atom. The van der Waals surface area contributed by atoms with Crippen LogP contribution in [0.4, 0.5) is 0 Å². The van der Waals surface area contributed by atoms with Crippen LogP contribution in [0.5, 0.6) is 0 Å². The molecule has 0 aromatic carbocycles. The summed E-state index contributed by atoms with van der Waals surface area (Å²) < 4.78 is 20.3. The van der Waals surface area contributed by atoms with Crippen LogP contribution in [0.3, 0.4) is 0 Å². The molecule has 0 amide bonds. The highest BCUT2D eigenvalue weighted by atomic mass is 16.5. The summed E-state index contributed by atoms with van der Waals surface area (Å²) in [6.07, 6.45) is 0. The molecular formula is C12H22O5. The predicted octanol–water partition coefficient (Wildman–Crippen LogP) is 1.18. The van der Waals surface area contributed by atoms with E-state index < -0.39 is 5.97 Å². The van der Waals surface area contributed by atoms with Crippen molar-refractivity contribution in [1.82, 2.24) is 0 Å². The van der Waals surface area contributed by atoms with E-state index >= 15 is 0 Å². The highest BCUT2D eigenvalue weighted by Gasteiger charge is 2.06. The summed E-state index contributed by atoms with van der Waals surface area (Å²) in [5.41, 5.74) is 0.321. The molecule has 0 saturated heterocycles. The van der Waals surface area contributed by atoms with Crippen molar-refractivity contribution >= 4 is 5.97 Å². The third-order valence-electron chi connectivity index (χ3n) is 1.79. The van der Waals surface area contributed by atoms with Crippen molar-refractivity contribution in [1.29, 1.82) is 0 Å². The summed E-state index contributed by atoms with van der Waals surface area (Å²) in [6, 6.07) is 0. The van der Waals surface area contributed by atoms with Gasteiger partial charge in [0.25, 0.3) is 0 Å². The fourth-order valence-electron chi connectivity index (χ4n) is 0.970. The Balaban J connectivity index is 3.27. The molecule has 0 bridgehead atoms. The minimum atomic E-state index is -0.412. The quantitative estimate of drug-likeness (QED) is 0.311. The fraction of sp³-hybridized carbons (Fsp3) is 0.750. The molecule has 0 aromatic heterocycles. The van der Waals surface area contributed by atoms with E-state index in [0.29, 0.717) is 45.2 Å². The molecule has 0 heterocycles. The average Bonchev–Trinajstić information content (AvgIpc) is 2.32. The highest BCUT2D eigenvalue weighted by molar-refractivity contribution is 5.87. The second kappa shape index (κ2) is 11.6. The summed E-state index contributed by atoms with van der Waals surface area (Å²) in [6.45, 7) is 10.5. The van der Waals surface area contributed by atoms with Gasteiger partial charge >= 0.3 is 5.97 Å². The second-order valence-corrected chi connectivity index (χ2v) is 3.19. The molecule has 0 aliphatic heterocycles. The molecule has 5 heteroatoms.